The van der Waals surface area contributed by atoms with Crippen molar-refractivity contribution in [1.82, 2.24) is 0 Å². The molecule has 1 saturated carbocycles. The van der Waals surface area contributed by atoms with Gasteiger partial charge >= 0.3 is 0 Å². The number of nitrogens with zero attached hydrogens (tertiary/aromatic N) is 1. The van der Waals surface area contributed by atoms with Crippen LogP contribution in [0.4, 0.5) is 5.69 Å². The summed E-state index contributed by atoms with van der Waals surface area (Å²) in [6.07, 6.45) is 5.15. The Hall–Kier alpha value is -0.540. The maximum atomic E-state index is 5.88. The van der Waals surface area contributed by atoms with E-state index in [1.807, 2.05) is 0 Å². The summed E-state index contributed by atoms with van der Waals surface area (Å²) in [5, 5.41) is 0. The van der Waals surface area contributed by atoms with Crippen molar-refractivity contribution in [3.8, 4) is 0 Å². The highest BCUT2D eigenvalue weighted by atomic mass is 79.9. The van der Waals surface area contributed by atoms with Crippen LogP contribution in [0.25, 0.3) is 0 Å². The van der Waals surface area contributed by atoms with Crippen LogP contribution in [0.5, 0.6) is 0 Å². The third kappa shape index (κ3) is 3.96. The maximum Gasteiger partial charge on any atom is 0.0377 e. The van der Waals surface area contributed by atoms with E-state index in [2.05, 4.69) is 52.9 Å². The second-order valence-corrected chi connectivity index (χ2v) is 6.65. The number of hydrogen-bond acceptors (Lipinski definition) is 2. The monoisotopic (exact) mass is 324 g/mol. The van der Waals surface area contributed by atoms with E-state index in [1.165, 1.54) is 41.5 Å². The lowest BCUT2D eigenvalue weighted by Gasteiger charge is -2.33. The first-order chi connectivity index (χ1) is 9.10. The van der Waals surface area contributed by atoms with E-state index in [-0.39, 0.29) is 6.04 Å². The number of hydrogen-bond donors (Lipinski definition) is 1. The first-order valence-electron chi connectivity index (χ1n) is 7.39. The fraction of sp³-hybridized carbons (Fsp3) is 0.625. The third-order valence-corrected chi connectivity index (χ3v) is 4.77. The molecule has 1 unspecified atom stereocenters. The lowest BCUT2D eigenvalue weighted by atomic mass is 9.85. The van der Waals surface area contributed by atoms with Gasteiger partial charge in [-0.1, -0.05) is 28.4 Å². The molecule has 0 saturated heterocycles. The van der Waals surface area contributed by atoms with Gasteiger partial charge in [-0.05, 0) is 56.7 Å². The van der Waals surface area contributed by atoms with Crippen LogP contribution in [0, 0.1) is 5.92 Å². The van der Waals surface area contributed by atoms with E-state index < -0.39 is 0 Å². The van der Waals surface area contributed by atoms with Crippen molar-refractivity contribution < 1.29 is 0 Å². The number of rotatable bonds is 6. The molecule has 2 N–H and O–H groups in total. The molecule has 106 valence electrons. The Morgan fingerprint density at radius 2 is 2.16 bits per heavy atom. The highest BCUT2D eigenvalue weighted by molar-refractivity contribution is 9.10. The molecule has 0 aromatic heterocycles. The summed E-state index contributed by atoms with van der Waals surface area (Å²) in [4.78, 5) is 2.49. The minimum atomic E-state index is 0.208. The largest absolute Gasteiger partial charge is 0.372 e. The minimum Gasteiger partial charge on any atom is -0.372 e. The van der Waals surface area contributed by atoms with Crippen molar-refractivity contribution in [2.24, 2.45) is 11.7 Å². The smallest absolute Gasteiger partial charge is 0.0377 e. The van der Waals surface area contributed by atoms with E-state index in [0.717, 1.165) is 18.9 Å². The first kappa shape index (κ1) is 14.9. The van der Waals surface area contributed by atoms with Crippen molar-refractivity contribution in [2.45, 2.75) is 45.6 Å². The fourth-order valence-corrected chi connectivity index (χ4v) is 3.18. The van der Waals surface area contributed by atoms with Crippen LogP contribution in [0.2, 0.25) is 0 Å². The second-order valence-electron chi connectivity index (χ2n) is 5.79. The maximum absolute atomic E-state index is 5.88. The highest BCUT2D eigenvalue weighted by Crippen LogP contribution is 2.30. The van der Waals surface area contributed by atoms with Crippen LogP contribution in [0.1, 0.15) is 38.7 Å². The molecule has 0 heterocycles. The van der Waals surface area contributed by atoms with Gasteiger partial charge in [-0.15, -0.1) is 0 Å². The van der Waals surface area contributed by atoms with Crippen LogP contribution in [-0.2, 0) is 6.42 Å². The molecule has 1 atom stereocenters. The predicted octanol–water partition coefficient (Wildman–Crippen LogP) is 3.97. The molecule has 2 nitrogen and oxygen atoms in total. The summed E-state index contributed by atoms with van der Waals surface area (Å²) in [6.45, 7) is 6.57. The molecule has 1 fully saturated rings. The van der Waals surface area contributed by atoms with Gasteiger partial charge < -0.3 is 10.6 Å². The number of nitrogens with two attached hydrogens (primary N) is 1. The van der Waals surface area contributed by atoms with Gasteiger partial charge in [0.05, 0.1) is 0 Å². The summed E-state index contributed by atoms with van der Waals surface area (Å²) < 4.78 is 1.19. The van der Waals surface area contributed by atoms with Crippen LogP contribution in [0.15, 0.2) is 22.7 Å². The Morgan fingerprint density at radius 3 is 2.63 bits per heavy atom. The number of halogens is 1. The SMILES string of the molecule is CCN(CC1CCC1)c1ccc(CC(C)N)c(Br)c1. The van der Waals surface area contributed by atoms with E-state index in [4.69, 9.17) is 5.73 Å². The standard InChI is InChI=1S/C16H25BrN2/c1-3-19(11-13-5-4-6-13)15-8-7-14(9-12(2)18)16(17)10-15/h7-8,10,12-13H,3-6,9,11,18H2,1-2H3. The summed E-state index contributed by atoms with van der Waals surface area (Å²) in [5.74, 6) is 0.905. The van der Waals surface area contributed by atoms with Gasteiger partial charge in [0.15, 0.2) is 0 Å². The molecule has 0 bridgehead atoms. The van der Waals surface area contributed by atoms with Crippen LogP contribution in [0.3, 0.4) is 0 Å². The molecule has 19 heavy (non-hydrogen) atoms. The topological polar surface area (TPSA) is 29.3 Å². The van der Waals surface area contributed by atoms with Gasteiger partial charge in [0.1, 0.15) is 0 Å². The van der Waals surface area contributed by atoms with Crippen molar-refractivity contribution in [1.29, 1.82) is 0 Å². The molecule has 1 aliphatic rings. The van der Waals surface area contributed by atoms with E-state index >= 15 is 0 Å². The van der Waals surface area contributed by atoms with Gasteiger partial charge in [0.25, 0.3) is 0 Å². The summed E-state index contributed by atoms with van der Waals surface area (Å²) >= 11 is 3.69. The Kier molecular flexibility index (Phi) is 5.28. The molecular weight excluding hydrogens is 300 g/mol. The van der Waals surface area contributed by atoms with Gasteiger partial charge in [-0.3, -0.25) is 0 Å². The van der Waals surface area contributed by atoms with E-state index in [0.29, 0.717) is 0 Å². The zero-order chi connectivity index (χ0) is 13.8. The molecule has 1 aromatic rings. The summed E-state index contributed by atoms with van der Waals surface area (Å²) in [7, 11) is 0. The molecule has 0 spiro atoms. The van der Waals surface area contributed by atoms with Crippen LogP contribution in [-0.4, -0.2) is 19.1 Å². The lowest BCUT2D eigenvalue weighted by Crippen LogP contribution is -2.32. The molecule has 3 heteroatoms. The van der Waals surface area contributed by atoms with Gasteiger partial charge in [-0.25, -0.2) is 0 Å². The van der Waals surface area contributed by atoms with Crippen molar-refractivity contribution in [2.75, 3.05) is 18.0 Å². The highest BCUT2D eigenvalue weighted by Gasteiger charge is 2.20. The van der Waals surface area contributed by atoms with Crippen molar-refractivity contribution in [3.05, 3.63) is 28.2 Å². The molecule has 1 aliphatic carbocycles. The fourth-order valence-electron chi connectivity index (χ4n) is 2.65. The molecular formula is C16H25BrN2. The van der Waals surface area contributed by atoms with E-state index in [1.54, 1.807) is 0 Å². The van der Waals surface area contributed by atoms with Crippen LogP contribution < -0.4 is 10.6 Å². The number of anilines is 1. The Labute approximate surface area is 125 Å². The average Bonchev–Trinajstić information content (AvgIpc) is 2.30. The summed E-state index contributed by atoms with van der Waals surface area (Å²) in [5.41, 5.74) is 8.51. The van der Waals surface area contributed by atoms with Gasteiger partial charge in [0, 0.05) is 29.3 Å². The van der Waals surface area contributed by atoms with Gasteiger partial charge in [-0.2, -0.15) is 0 Å². The van der Waals surface area contributed by atoms with E-state index in [9.17, 15) is 0 Å². The first-order valence-corrected chi connectivity index (χ1v) is 8.18. The zero-order valence-corrected chi connectivity index (χ0v) is 13.6. The lowest BCUT2D eigenvalue weighted by molar-refractivity contribution is 0.318. The van der Waals surface area contributed by atoms with Crippen LogP contribution >= 0.6 is 15.9 Å². The Bertz CT molecular complexity index is 413. The molecule has 0 amide bonds. The molecule has 2 rings (SSSR count). The Morgan fingerprint density at radius 1 is 1.42 bits per heavy atom. The average molecular weight is 325 g/mol. The van der Waals surface area contributed by atoms with Gasteiger partial charge in [0.2, 0.25) is 0 Å². The number of benzene rings is 1. The third-order valence-electron chi connectivity index (χ3n) is 4.03. The Balaban J connectivity index is 2.07. The quantitative estimate of drug-likeness (QED) is 0.858. The minimum absolute atomic E-state index is 0.208. The summed E-state index contributed by atoms with van der Waals surface area (Å²) in [6, 6.07) is 6.91. The predicted molar refractivity (Wildman–Crippen MR) is 86.7 cm³/mol. The zero-order valence-electron chi connectivity index (χ0n) is 12.0. The second kappa shape index (κ2) is 6.76. The van der Waals surface area contributed by atoms with Crippen molar-refractivity contribution >= 4 is 21.6 Å². The molecule has 0 radical (unpaired) electrons. The van der Waals surface area contributed by atoms with Crippen molar-refractivity contribution in [3.63, 3.8) is 0 Å². The normalized spacial score (nSPS) is 17.1. The molecule has 0 aliphatic heterocycles. The molecule has 1 aromatic carbocycles.